The average molecular weight is 242 g/mol. The topological polar surface area (TPSA) is 78.4 Å². The molecule has 1 aliphatic rings. The Balaban J connectivity index is 2.48. The molecule has 0 aromatic heterocycles. The predicted molar refractivity (Wildman–Crippen MR) is 64.7 cm³/mol. The van der Waals surface area contributed by atoms with E-state index < -0.39 is 12.0 Å². The number of hydrogen-bond acceptors (Lipinski definition) is 3. The number of aliphatic carboxylic acids is 1. The molecule has 0 radical (unpaired) electrons. The molecule has 0 saturated carbocycles. The van der Waals surface area contributed by atoms with Gasteiger partial charge in [-0.3, -0.25) is 4.79 Å². The Kier molecular flexibility index (Phi) is 5.41. The molecule has 98 valence electrons. The van der Waals surface area contributed by atoms with Crippen LogP contribution in [0.2, 0.25) is 0 Å². The first-order valence-electron chi connectivity index (χ1n) is 6.31. The summed E-state index contributed by atoms with van der Waals surface area (Å²) in [6.45, 7) is 4.84. The average Bonchev–Trinajstić information content (AvgIpc) is 2.28. The van der Waals surface area contributed by atoms with Crippen LogP contribution in [0, 0.1) is 5.92 Å². The molecule has 0 aliphatic carbocycles. The summed E-state index contributed by atoms with van der Waals surface area (Å²) >= 11 is 0. The molecule has 1 aliphatic heterocycles. The highest BCUT2D eigenvalue weighted by Crippen LogP contribution is 2.15. The molecule has 5 heteroatoms. The number of carbonyl (C=O) groups excluding carboxylic acids is 1. The zero-order chi connectivity index (χ0) is 12.8. The van der Waals surface area contributed by atoms with Gasteiger partial charge in [0.15, 0.2) is 0 Å². The van der Waals surface area contributed by atoms with Crippen LogP contribution < -0.4 is 10.6 Å². The van der Waals surface area contributed by atoms with E-state index in [0.29, 0.717) is 12.3 Å². The lowest BCUT2D eigenvalue weighted by atomic mass is 9.93. The zero-order valence-electron chi connectivity index (χ0n) is 10.5. The molecule has 0 aromatic rings. The summed E-state index contributed by atoms with van der Waals surface area (Å²) in [5.41, 5.74) is 0. The highest BCUT2D eigenvalue weighted by Gasteiger charge is 2.27. The molecule has 5 nitrogen and oxygen atoms in total. The van der Waals surface area contributed by atoms with Crippen molar-refractivity contribution in [2.24, 2.45) is 5.92 Å². The van der Waals surface area contributed by atoms with E-state index in [1.807, 2.05) is 6.92 Å². The molecule has 17 heavy (non-hydrogen) atoms. The molecule has 1 fully saturated rings. The van der Waals surface area contributed by atoms with Gasteiger partial charge in [-0.2, -0.15) is 0 Å². The van der Waals surface area contributed by atoms with E-state index >= 15 is 0 Å². The van der Waals surface area contributed by atoms with Crippen molar-refractivity contribution in [3.05, 3.63) is 0 Å². The first kappa shape index (κ1) is 14.0. The van der Waals surface area contributed by atoms with Crippen LogP contribution >= 0.6 is 0 Å². The first-order chi connectivity index (χ1) is 8.04. The highest BCUT2D eigenvalue weighted by molar-refractivity contribution is 5.86. The van der Waals surface area contributed by atoms with Gasteiger partial charge in [0, 0.05) is 0 Å². The number of carbonyl (C=O) groups is 2. The van der Waals surface area contributed by atoms with Crippen molar-refractivity contribution in [3.8, 4) is 0 Å². The zero-order valence-corrected chi connectivity index (χ0v) is 10.5. The second-order valence-electron chi connectivity index (χ2n) is 4.82. The Hall–Kier alpha value is -1.10. The molecule has 3 N–H and O–H groups in total. The molecule has 0 spiro atoms. The second kappa shape index (κ2) is 6.59. The molecule has 1 amide bonds. The first-order valence-corrected chi connectivity index (χ1v) is 6.31. The van der Waals surface area contributed by atoms with Crippen molar-refractivity contribution in [2.75, 3.05) is 6.54 Å². The van der Waals surface area contributed by atoms with Crippen LogP contribution in [0.25, 0.3) is 0 Å². The van der Waals surface area contributed by atoms with Gasteiger partial charge in [0.25, 0.3) is 0 Å². The Labute approximate surface area is 102 Å². The van der Waals surface area contributed by atoms with Gasteiger partial charge < -0.3 is 15.7 Å². The summed E-state index contributed by atoms with van der Waals surface area (Å²) in [7, 11) is 0. The number of carboxylic acid groups (broad SMARTS) is 1. The van der Waals surface area contributed by atoms with Crippen LogP contribution in [0.5, 0.6) is 0 Å². The third-order valence-corrected chi connectivity index (χ3v) is 3.17. The van der Waals surface area contributed by atoms with Crippen LogP contribution in [0.4, 0.5) is 0 Å². The molecular weight excluding hydrogens is 220 g/mol. The molecule has 0 aromatic carbocycles. The predicted octanol–water partition coefficient (Wildman–Crippen LogP) is 0.744. The van der Waals surface area contributed by atoms with E-state index in [2.05, 4.69) is 17.6 Å². The van der Waals surface area contributed by atoms with Crippen LogP contribution in [0.3, 0.4) is 0 Å². The van der Waals surface area contributed by atoms with Gasteiger partial charge >= 0.3 is 5.97 Å². The fourth-order valence-electron chi connectivity index (χ4n) is 2.13. The monoisotopic (exact) mass is 242 g/mol. The Morgan fingerprint density at radius 3 is 2.76 bits per heavy atom. The number of piperidine rings is 1. The summed E-state index contributed by atoms with van der Waals surface area (Å²) in [5.74, 6) is -0.622. The maximum Gasteiger partial charge on any atom is 0.326 e. The van der Waals surface area contributed by atoms with Crippen LogP contribution in [-0.4, -0.2) is 35.6 Å². The minimum atomic E-state index is -0.955. The maximum atomic E-state index is 11.9. The van der Waals surface area contributed by atoms with Gasteiger partial charge in [-0.05, 0) is 31.7 Å². The quantitative estimate of drug-likeness (QED) is 0.664. The summed E-state index contributed by atoms with van der Waals surface area (Å²) in [6.07, 6.45) is 3.07. The van der Waals surface area contributed by atoms with Gasteiger partial charge in [0.2, 0.25) is 5.91 Å². The van der Waals surface area contributed by atoms with Crippen molar-refractivity contribution < 1.29 is 14.7 Å². The van der Waals surface area contributed by atoms with E-state index in [1.165, 1.54) is 0 Å². The van der Waals surface area contributed by atoms with Crippen molar-refractivity contribution in [1.29, 1.82) is 0 Å². The van der Waals surface area contributed by atoms with E-state index in [4.69, 9.17) is 5.11 Å². The van der Waals surface area contributed by atoms with E-state index in [0.717, 1.165) is 25.8 Å². The molecule has 1 rings (SSSR count). The Bertz CT molecular complexity index is 281. The van der Waals surface area contributed by atoms with Gasteiger partial charge in [-0.25, -0.2) is 4.79 Å². The maximum absolute atomic E-state index is 11.9. The highest BCUT2D eigenvalue weighted by atomic mass is 16.4. The lowest BCUT2D eigenvalue weighted by Gasteiger charge is -2.28. The fraction of sp³-hybridized carbons (Fsp3) is 0.833. The van der Waals surface area contributed by atoms with Crippen molar-refractivity contribution in [3.63, 3.8) is 0 Å². The van der Waals surface area contributed by atoms with Gasteiger partial charge in [-0.1, -0.05) is 20.3 Å². The molecule has 1 heterocycles. The normalized spacial score (nSPS) is 26.2. The van der Waals surface area contributed by atoms with E-state index in [-0.39, 0.29) is 11.9 Å². The third kappa shape index (κ3) is 4.34. The smallest absolute Gasteiger partial charge is 0.326 e. The summed E-state index contributed by atoms with van der Waals surface area (Å²) < 4.78 is 0. The summed E-state index contributed by atoms with van der Waals surface area (Å²) in [5, 5.41) is 14.7. The van der Waals surface area contributed by atoms with Crippen LogP contribution in [-0.2, 0) is 9.59 Å². The molecule has 2 unspecified atom stereocenters. The fourth-order valence-corrected chi connectivity index (χ4v) is 2.13. The minimum absolute atomic E-state index is 0.183. The van der Waals surface area contributed by atoms with E-state index in [9.17, 15) is 9.59 Å². The lowest BCUT2D eigenvalue weighted by molar-refractivity contribution is -0.142. The molecule has 1 saturated heterocycles. The number of nitrogens with one attached hydrogen (secondary N) is 2. The molecular formula is C12H22N2O3. The largest absolute Gasteiger partial charge is 0.480 e. The third-order valence-electron chi connectivity index (χ3n) is 3.17. The minimum Gasteiger partial charge on any atom is -0.480 e. The van der Waals surface area contributed by atoms with Gasteiger partial charge in [-0.15, -0.1) is 0 Å². The van der Waals surface area contributed by atoms with E-state index in [1.54, 1.807) is 0 Å². The van der Waals surface area contributed by atoms with Crippen LogP contribution in [0.15, 0.2) is 0 Å². The van der Waals surface area contributed by atoms with Crippen molar-refractivity contribution in [1.82, 2.24) is 10.6 Å². The Morgan fingerprint density at radius 2 is 2.24 bits per heavy atom. The van der Waals surface area contributed by atoms with Crippen LogP contribution in [0.1, 0.15) is 39.5 Å². The lowest BCUT2D eigenvalue weighted by Crippen LogP contribution is -2.52. The summed E-state index contributed by atoms with van der Waals surface area (Å²) in [6, 6.07) is -0.996. The number of hydrogen-bond donors (Lipinski definition) is 3. The standard InChI is InChI=1S/C12H22N2O3/c1-3-4-9(12(16)17)14-11(15)10-7-8(2)5-6-13-10/h8-10,13H,3-7H2,1-2H3,(H,14,15)(H,16,17)/t8?,9-,10?/m0/s1. The van der Waals surface area contributed by atoms with Crippen molar-refractivity contribution in [2.45, 2.75) is 51.6 Å². The SMILES string of the molecule is CCC[C@H](NC(=O)C1CC(C)CCN1)C(=O)O. The van der Waals surface area contributed by atoms with Crippen molar-refractivity contribution >= 4 is 11.9 Å². The number of amides is 1. The number of rotatable bonds is 5. The van der Waals surface area contributed by atoms with Gasteiger partial charge in [0.05, 0.1) is 6.04 Å². The number of carboxylic acids is 1. The summed E-state index contributed by atoms with van der Waals surface area (Å²) in [4.78, 5) is 22.8. The molecule has 3 atom stereocenters. The molecule has 0 bridgehead atoms. The Morgan fingerprint density at radius 1 is 1.53 bits per heavy atom. The van der Waals surface area contributed by atoms with Gasteiger partial charge in [0.1, 0.15) is 6.04 Å². The second-order valence-corrected chi connectivity index (χ2v) is 4.82.